The molecule has 25 heavy (non-hydrogen) atoms. The van der Waals surface area contributed by atoms with E-state index in [2.05, 4.69) is 17.2 Å². The first-order valence-corrected chi connectivity index (χ1v) is 8.91. The minimum Gasteiger partial charge on any atom is -0.456 e. The molecular formula is C20H20N2O2S. The summed E-state index contributed by atoms with van der Waals surface area (Å²) in [5.41, 5.74) is 5.60. The zero-order valence-corrected chi connectivity index (χ0v) is 15.3. The molecule has 3 aromatic rings. The molecule has 0 amide bonds. The van der Waals surface area contributed by atoms with Crippen LogP contribution in [0.5, 0.6) is 0 Å². The van der Waals surface area contributed by atoms with Gasteiger partial charge in [0.15, 0.2) is 5.13 Å². The molecule has 3 rings (SSSR count). The number of ether oxygens (including phenoxy) is 1. The number of rotatable bonds is 5. The van der Waals surface area contributed by atoms with Crippen LogP contribution in [0, 0.1) is 20.8 Å². The van der Waals surface area contributed by atoms with Crippen molar-refractivity contribution in [3.63, 3.8) is 0 Å². The summed E-state index contributed by atoms with van der Waals surface area (Å²) in [5, 5.41) is 5.93. The highest BCUT2D eigenvalue weighted by Crippen LogP contribution is 2.22. The maximum Gasteiger partial charge on any atom is 0.338 e. The maximum atomic E-state index is 12.2. The van der Waals surface area contributed by atoms with Crippen LogP contribution in [-0.2, 0) is 11.3 Å². The van der Waals surface area contributed by atoms with Crippen LogP contribution in [0.3, 0.4) is 0 Å². The van der Waals surface area contributed by atoms with E-state index in [1.165, 1.54) is 16.9 Å². The minimum atomic E-state index is -0.326. The quantitative estimate of drug-likeness (QED) is 0.644. The highest BCUT2D eigenvalue weighted by molar-refractivity contribution is 7.13. The summed E-state index contributed by atoms with van der Waals surface area (Å²) < 4.78 is 5.38. The first-order chi connectivity index (χ1) is 12.0. The molecule has 0 aliphatic rings. The molecule has 0 atom stereocenters. The molecular weight excluding hydrogens is 332 g/mol. The van der Waals surface area contributed by atoms with E-state index in [9.17, 15) is 4.79 Å². The Morgan fingerprint density at radius 1 is 1.04 bits per heavy atom. The van der Waals surface area contributed by atoms with Gasteiger partial charge in [-0.1, -0.05) is 34.9 Å². The van der Waals surface area contributed by atoms with Crippen molar-refractivity contribution >= 4 is 28.1 Å². The standard InChI is InChI=1S/C20H20N2O2S/c1-13-4-6-17(7-5-13)21-20-22-18(12-25-20)11-24-19(23)16-9-14(2)8-15(3)10-16/h4-10,12H,11H2,1-3H3,(H,21,22). The minimum absolute atomic E-state index is 0.165. The first-order valence-electron chi connectivity index (χ1n) is 8.03. The van der Waals surface area contributed by atoms with E-state index in [0.29, 0.717) is 5.56 Å². The Kier molecular flexibility index (Phi) is 5.14. The van der Waals surface area contributed by atoms with E-state index >= 15 is 0 Å². The summed E-state index contributed by atoms with van der Waals surface area (Å²) in [6, 6.07) is 13.8. The van der Waals surface area contributed by atoms with Crippen molar-refractivity contribution in [2.45, 2.75) is 27.4 Å². The van der Waals surface area contributed by atoms with Gasteiger partial charge >= 0.3 is 5.97 Å². The van der Waals surface area contributed by atoms with E-state index in [4.69, 9.17) is 4.74 Å². The molecule has 4 nitrogen and oxygen atoms in total. The van der Waals surface area contributed by atoms with Gasteiger partial charge in [-0.3, -0.25) is 0 Å². The van der Waals surface area contributed by atoms with Gasteiger partial charge in [0.1, 0.15) is 6.61 Å². The van der Waals surface area contributed by atoms with Crippen LogP contribution in [0.4, 0.5) is 10.8 Å². The number of hydrogen-bond acceptors (Lipinski definition) is 5. The molecule has 0 radical (unpaired) electrons. The van der Waals surface area contributed by atoms with Gasteiger partial charge in [-0.2, -0.15) is 0 Å². The molecule has 0 aliphatic carbocycles. The molecule has 5 heteroatoms. The van der Waals surface area contributed by atoms with Gasteiger partial charge in [0.05, 0.1) is 11.3 Å². The number of nitrogens with zero attached hydrogens (tertiary/aromatic N) is 1. The van der Waals surface area contributed by atoms with E-state index in [-0.39, 0.29) is 12.6 Å². The van der Waals surface area contributed by atoms with Crippen molar-refractivity contribution in [2.24, 2.45) is 0 Å². The summed E-state index contributed by atoms with van der Waals surface area (Å²) in [7, 11) is 0. The predicted molar refractivity (Wildman–Crippen MR) is 102 cm³/mol. The van der Waals surface area contributed by atoms with Crippen LogP contribution >= 0.6 is 11.3 Å². The summed E-state index contributed by atoms with van der Waals surface area (Å²) in [5.74, 6) is -0.326. The summed E-state index contributed by atoms with van der Waals surface area (Å²) in [4.78, 5) is 16.6. The average Bonchev–Trinajstić information content (AvgIpc) is 3.01. The van der Waals surface area contributed by atoms with E-state index in [0.717, 1.165) is 27.6 Å². The van der Waals surface area contributed by atoms with Crippen molar-refractivity contribution < 1.29 is 9.53 Å². The van der Waals surface area contributed by atoms with Crippen LogP contribution < -0.4 is 5.32 Å². The van der Waals surface area contributed by atoms with Gasteiger partial charge in [0, 0.05) is 11.1 Å². The SMILES string of the molecule is Cc1ccc(Nc2nc(COC(=O)c3cc(C)cc(C)c3)cs2)cc1. The van der Waals surface area contributed by atoms with E-state index < -0.39 is 0 Å². The molecule has 0 spiro atoms. The molecule has 1 N–H and O–H groups in total. The van der Waals surface area contributed by atoms with Crippen molar-refractivity contribution in [3.05, 3.63) is 75.8 Å². The molecule has 128 valence electrons. The molecule has 0 bridgehead atoms. The Bertz CT molecular complexity index is 865. The normalized spacial score (nSPS) is 10.5. The molecule has 0 fully saturated rings. The largest absolute Gasteiger partial charge is 0.456 e. The first kappa shape index (κ1) is 17.2. The van der Waals surface area contributed by atoms with E-state index in [1.54, 1.807) is 0 Å². The fourth-order valence-electron chi connectivity index (χ4n) is 2.51. The number of nitrogens with one attached hydrogen (secondary N) is 1. The van der Waals surface area contributed by atoms with Gasteiger partial charge < -0.3 is 10.1 Å². The van der Waals surface area contributed by atoms with Crippen molar-refractivity contribution in [2.75, 3.05) is 5.32 Å². The number of esters is 1. The van der Waals surface area contributed by atoms with Crippen molar-refractivity contribution in [3.8, 4) is 0 Å². The third-order valence-electron chi connectivity index (χ3n) is 3.66. The highest BCUT2D eigenvalue weighted by Gasteiger charge is 2.10. The van der Waals surface area contributed by atoms with Gasteiger partial charge in [0.25, 0.3) is 0 Å². The topological polar surface area (TPSA) is 51.2 Å². The Morgan fingerprint density at radius 2 is 1.72 bits per heavy atom. The zero-order chi connectivity index (χ0) is 17.8. The second-order valence-electron chi connectivity index (χ2n) is 6.09. The molecule has 0 saturated carbocycles. The number of benzene rings is 2. The number of aryl methyl sites for hydroxylation is 3. The highest BCUT2D eigenvalue weighted by atomic mass is 32.1. The summed E-state index contributed by atoms with van der Waals surface area (Å²) >= 11 is 1.49. The Balaban J connectivity index is 1.59. The number of carbonyl (C=O) groups excluding carboxylic acids is 1. The lowest BCUT2D eigenvalue weighted by Gasteiger charge is -2.05. The number of carbonyl (C=O) groups is 1. The number of hydrogen-bond donors (Lipinski definition) is 1. The number of aromatic nitrogens is 1. The smallest absolute Gasteiger partial charge is 0.338 e. The molecule has 0 saturated heterocycles. The molecule has 0 aliphatic heterocycles. The molecule has 0 unspecified atom stereocenters. The zero-order valence-electron chi connectivity index (χ0n) is 14.5. The predicted octanol–water partition coefficient (Wildman–Crippen LogP) is 5.17. The second-order valence-corrected chi connectivity index (χ2v) is 6.95. The van der Waals surface area contributed by atoms with Gasteiger partial charge in [-0.15, -0.1) is 11.3 Å². The fourth-order valence-corrected chi connectivity index (χ4v) is 3.22. The lowest BCUT2D eigenvalue weighted by Crippen LogP contribution is -2.06. The fraction of sp³-hybridized carbons (Fsp3) is 0.200. The second kappa shape index (κ2) is 7.49. The third-order valence-corrected chi connectivity index (χ3v) is 4.47. The molecule has 2 aromatic carbocycles. The number of anilines is 2. The van der Waals surface area contributed by atoms with Crippen LogP contribution in [0.2, 0.25) is 0 Å². The van der Waals surface area contributed by atoms with Crippen molar-refractivity contribution in [1.82, 2.24) is 4.98 Å². The van der Waals surface area contributed by atoms with E-state index in [1.807, 2.05) is 61.7 Å². The van der Waals surface area contributed by atoms with Gasteiger partial charge in [0.2, 0.25) is 0 Å². The van der Waals surface area contributed by atoms with Crippen molar-refractivity contribution in [1.29, 1.82) is 0 Å². The van der Waals surface area contributed by atoms with Gasteiger partial charge in [-0.25, -0.2) is 9.78 Å². The van der Waals surface area contributed by atoms with Crippen LogP contribution in [-0.4, -0.2) is 11.0 Å². The summed E-state index contributed by atoms with van der Waals surface area (Å²) in [6.07, 6.45) is 0. The summed E-state index contributed by atoms with van der Waals surface area (Å²) in [6.45, 7) is 6.15. The van der Waals surface area contributed by atoms with Gasteiger partial charge in [-0.05, 0) is 45.0 Å². The lowest BCUT2D eigenvalue weighted by molar-refractivity contribution is 0.0468. The molecule has 1 aromatic heterocycles. The molecule has 1 heterocycles. The Labute approximate surface area is 151 Å². The van der Waals surface area contributed by atoms with Crippen LogP contribution in [0.15, 0.2) is 47.8 Å². The monoisotopic (exact) mass is 352 g/mol. The Hall–Kier alpha value is -2.66. The third kappa shape index (κ3) is 4.67. The average molecular weight is 352 g/mol. The van der Waals surface area contributed by atoms with Crippen LogP contribution in [0.25, 0.3) is 0 Å². The Morgan fingerprint density at radius 3 is 2.40 bits per heavy atom. The maximum absolute atomic E-state index is 12.2. The lowest BCUT2D eigenvalue weighted by atomic mass is 10.1. The van der Waals surface area contributed by atoms with Crippen LogP contribution in [0.1, 0.15) is 32.7 Å². The number of thiazole rings is 1.